The van der Waals surface area contributed by atoms with Crippen molar-refractivity contribution < 1.29 is 13.2 Å². The van der Waals surface area contributed by atoms with Gasteiger partial charge in [0.1, 0.15) is 0 Å². The summed E-state index contributed by atoms with van der Waals surface area (Å²) >= 11 is 0. The van der Waals surface area contributed by atoms with Crippen molar-refractivity contribution in [1.82, 2.24) is 4.31 Å². The van der Waals surface area contributed by atoms with Gasteiger partial charge in [-0.15, -0.1) is 0 Å². The van der Waals surface area contributed by atoms with E-state index in [1.54, 1.807) is 0 Å². The Morgan fingerprint density at radius 2 is 1.92 bits per heavy atom. The van der Waals surface area contributed by atoms with Crippen molar-refractivity contribution in [2.75, 3.05) is 20.3 Å². The molecule has 4 nitrogen and oxygen atoms in total. The summed E-state index contributed by atoms with van der Waals surface area (Å²) in [5, 5.41) is 0. The van der Waals surface area contributed by atoms with Crippen LogP contribution in [0, 0.1) is 0 Å². The first-order valence-corrected chi connectivity index (χ1v) is 6.04. The largest absolute Gasteiger partial charge is 0.381 e. The fourth-order valence-electron chi connectivity index (χ4n) is 1.23. The Bertz CT molecular complexity index is 235. The quantitative estimate of drug-likeness (QED) is 0.631. The van der Waals surface area contributed by atoms with Crippen molar-refractivity contribution in [2.45, 2.75) is 18.9 Å². The standard InChI is InChI=1S/C6H12ClNO3S/c1-8(12(7,9)10)6-2-4-11-5-3-6/h6H,2-5H2,1H3. The maximum absolute atomic E-state index is 10.9. The minimum atomic E-state index is -3.55. The van der Waals surface area contributed by atoms with Gasteiger partial charge in [0.05, 0.1) is 0 Å². The minimum absolute atomic E-state index is 0.00116. The van der Waals surface area contributed by atoms with Crippen molar-refractivity contribution >= 4 is 19.9 Å². The van der Waals surface area contributed by atoms with Crippen LogP contribution in [0.25, 0.3) is 0 Å². The van der Waals surface area contributed by atoms with Crippen molar-refractivity contribution in [3.05, 3.63) is 0 Å². The van der Waals surface area contributed by atoms with Crippen LogP contribution in [0.1, 0.15) is 12.8 Å². The van der Waals surface area contributed by atoms with Gasteiger partial charge in [-0.05, 0) is 12.8 Å². The van der Waals surface area contributed by atoms with Crippen LogP contribution in [0.15, 0.2) is 0 Å². The Morgan fingerprint density at radius 3 is 2.33 bits per heavy atom. The minimum Gasteiger partial charge on any atom is -0.381 e. The zero-order valence-electron chi connectivity index (χ0n) is 6.86. The second kappa shape index (κ2) is 3.91. The molecule has 1 aliphatic heterocycles. The van der Waals surface area contributed by atoms with E-state index < -0.39 is 9.24 Å². The normalized spacial score (nSPS) is 21.6. The summed E-state index contributed by atoms with van der Waals surface area (Å²) in [6.45, 7) is 1.23. The first kappa shape index (κ1) is 10.2. The molecule has 1 heterocycles. The van der Waals surface area contributed by atoms with Crippen LogP contribution < -0.4 is 0 Å². The number of hydrogen-bond acceptors (Lipinski definition) is 3. The van der Waals surface area contributed by atoms with E-state index in [1.807, 2.05) is 0 Å². The second-order valence-corrected chi connectivity index (χ2v) is 5.37. The summed E-state index contributed by atoms with van der Waals surface area (Å²) in [5.41, 5.74) is 0. The highest BCUT2D eigenvalue weighted by Gasteiger charge is 2.25. The molecule has 0 saturated carbocycles. The highest BCUT2D eigenvalue weighted by atomic mass is 35.7. The van der Waals surface area contributed by atoms with E-state index in [-0.39, 0.29) is 6.04 Å². The summed E-state index contributed by atoms with van der Waals surface area (Å²) in [6.07, 6.45) is 1.45. The van der Waals surface area contributed by atoms with Crippen LogP contribution in [-0.2, 0) is 14.0 Å². The van der Waals surface area contributed by atoms with E-state index >= 15 is 0 Å². The van der Waals surface area contributed by atoms with Crippen LogP contribution in [0.5, 0.6) is 0 Å². The molecule has 0 aromatic rings. The predicted octanol–water partition coefficient (Wildman–Crippen LogP) is 0.581. The second-order valence-electron chi connectivity index (χ2n) is 2.80. The Kier molecular flexibility index (Phi) is 3.34. The SMILES string of the molecule is CN(C1CCOCC1)S(=O)(=O)Cl. The number of hydrogen-bond donors (Lipinski definition) is 0. The molecule has 0 bridgehead atoms. The third-order valence-electron chi connectivity index (χ3n) is 2.05. The first-order valence-electron chi connectivity index (χ1n) is 3.77. The third-order valence-corrected chi connectivity index (χ3v) is 3.69. The molecule has 0 N–H and O–H groups in total. The van der Waals surface area contributed by atoms with Gasteiger partial charge in [-0.3, -0.25) is 0 Å². The lowest BCUT2D eigenvalue weighted by molar-refractivity contribution is 0.0637. The van der Waals surface area contributed by atoms with Crippen LogP contribution in [0.2, 0.25) is 0 Å². The van der Waals surface area contributed by atoms with Crippen molar-refractivity contribution in [2.24, 2.45) is 0 Å². The topological polar surface area (TPSA) is 46.6 Å². The monoisotopic (exact) mass is 213 g/mol. The fourth-order valence-corrected chi connectivity index (χ4v) is 2.13. The highest BCUT2D eigenvalue weighted by Crippen LogP contribution is 2.17. The molecule has 0 spiro atoms. The maximum Gasteiger partial charge on any atom is 0.299 e. The fraction of sp³-hybridized carbons (Fsp3) is 1.00. The zero-order chi connectivity index (χ0) is 9.19. The third kappa shape index (κ3) is 2.58. The smallest absolute Gasteiger partial charge is 0.299 e. The van der Waals surface area contributed by atoms with Crippen LogP contribution in [0.3, 0.4) is 0 Å². The molecule has 6 heteroatoms. The Hall–Kier alpha value is 0.160. The van der Waals surface area contributed by atoms with Crippen molar-refractivity contribution in [3.8, 4) is 0 Å². The molecule has 0 atom stereocenters. The Balaban J connectivity index is 2.57. The summed E-state index contributed by atoms with van der Waals surface area (Å²) in [6, 6.07) is 0.00116. The van der Waals surface area contributed by atoms with Crippen LogP contribution in [-0.4, -0.2) is 39.0 Å². The summed E-state index contributed by atoms with van der Waals surface area (Å²) in [4.78, 5) is 0. The van der Waals surface area contributed by atoms with E-state index in [9.17, 15) is 8.42 Å². The maximum atomic E-state index is 10.9. The van der Waals surface area contributed by atoms with E-state index in [1.165, 1.54) is 11.4 Å². The molecule has 0 unspecified atom stereocenters. The molecule has 12 heavy (non-hydrogen) atoms. The number of nitrogens with zero attached hydrogens (tertiary/aromatic N) is 1. The number of rotatable bonds is 2. The van der Waals surface area contributed by atoms with Gasteiger partial charge >= 0.3 is 0 Å². The number of halogens is 1. The molecule has 0 amide bonds. The molecular formula is C6H12ClNO3S. The highest BCUT2D eigenvalue weighted by molar-refractivity contribution is 8.11. The molecule has 1 aliphatic rings. The summed E-state index contributed by atoms with van der Waals surface area (Å²) < 4.78 is 28.1. The molecule has 1 rings (SSSR count). The molecule has 1 fully saturated rings. The molecule has 72 valence electrons. The van der Waals surface area contributed by atoms with Gasteiger partial charge in [0.15, 0.2) is 0 Å². The van der Waals surface area contributed by atoms with Gasteiger partial charge in [-0.1, -0.05) is 0 Å². The van der Waals surface area contributed by atoms with E-state index in [0.29, 0.717) is 13.2 Å². The lowest BCUT2D eigenvalue weighted by Crippen LogP contribution is -2.38. The Morgan fingerprint density at radius 1 is 1.42 bits per heavy atom. The lowest BCUT2D eigenvalue weighted by atomic mass is 10.1. The predicted molar refractivity (Wildman–Crippen MR) is 46.4 cm³/mol. The molecule has 0 aromatic carbocycles. The van der Waals surface area contributed by atoms with Gasteiger partial charge in [0.2, 0.25) is 0 Å². The van der Waals surface area contributed by atoms with E-state index in [4.69, 9.17) is 15.4 Å². The van der Waals surface area contributed by atoms with Crippen molar-refractivity contribution in [1.29, 1.82) is 0 Å². The average molecular weight is 214 g/mol. The van der Waals surface area contributed by atoms with E-state index in [0.717, 1.165) is 12.8 Å². The number of ether oxygens (including phenoxy) is 1. The average Bonchev–Trinajstić information content (AvgIpc) is 2.03. The lowest BCUT2D eigenvalue weighted by Gasteiger charge is -2.28. The molecule has 1 saturated heterocycles. The summed E-state index contributed by atoms with van der Waals surface area (Å²) in [5.74, 6) is 0. The summed E-state index contributed by atoms with van der Waals surface area (Å²) in [7, 11) is 3.12. The van der Waals surface area contributed by atoms with Gasteiger partial charge in [-0.25, -0.2) is 0 Å². The van der Waals surface area contributed by atoms with Crippen LogP contribution in [0.4, 0.5) is 0 Å². The molecular weight excluding hydrogens is 202 g/mol. The van der Waals surface area contributed by atoms with Gasteiger partial charge < -0.3 is 4.74 Å². The Labute approximate surface area is 77.0 Å². The first-order chi connectivity index (χ1) is 5.52. The molecule has 0 aliphatic carbocycles. The van der Waals surface area contributed by atoms with Crippen LogP contribution >= 0.6 is 10.7 Å². The van der Waals surface area contributed by atoms with E-state index in [2.05, 4.69) is 0 Å². The van der Waals surface area contributed by atoms with Gasteiger partial charge in [-0.2, -0.15) is 12.7 Å². The van der Waals surface area contributed by atoms with Crippen molar-refractivity contribution in [3.63, 3.8) is 0 Å². The zero-order valence-corrected chi connectivity index (χ0v) is 8.44. The van der Waals surface area contributed by atoms with Gasteiger partial charge in [0, 0.05) is 37.0 Å². The van der Waals surface area contributed by atoms with Gasteiger partial charge in [0.25, 0.3) is 9.24 Å². The molecule has 0 aromatic heterocycles. The molecule has 0 radical (unpaired) electrons.